The number of carbonyl (C=O) groups is 1. The smallest absolute Gasteiger partial charge is 0.321 e. The van der Waals surface area contributed by atoms with Crippen LogP contribution in [0, 0.1) is 5.92 Å². The average Bonchev–Trinajstić information content (AvgIpc) is 3.53. The number of carbonyl (C=O) groups excluding carboxylic acids is 1. The molecule has 0 radical (unpaired) electrons. The fraction of sp³-hybridized carbons (Fsp3) is 0.286. The van der Waals surface area contributed by atoms with Crippen LogP contribution in [0.3, 0.4) is 0 Å². The molecule has 2 aromatic carbocycles. The van der Waals surface area contributed by atoms with Crippen LogP contribution in [-0.2, 0) is 33.0 Å². The summed E-state index contributed by atoms with van der Waals surface area (Å²) in [4.78, 5) is 21.7. The molecule has 0 bridgehead atoms. The maximum absolute atomic E-state index is 13.2. The first-order valence-electron chi connectivity index (χ1n) is 12.4. The van der Waals surface area contributed by atoms with Crippen molar-refractivity contribution in [2.75, 3.05) is 0 Å². The summed E-state index contributed by atoms with van der Waals surface area (Å²) < 4.78 is 10.4. The summed E-state index contributed by atoms with van der Waals surface area (Å²) in [5.41, 5.74) is 8.81. The Morgan fingerprint density at radius 1 is 1.11 bits per heavy atom. The van der Waals surface area contributed by atoms with E-state index in [9.17, 15) is 4.79 Å². The third-order valence-corrected chi connectivity index (χ3v) is 7.37. The fourth-order valence-corrected chi connectivity index (χ4v) is 6.00. The summed E-state index contributed by atoms with van der Waals surface area (Å²) in [6.45, 7) is 5.88. The van der Waals surface area contributed by atoms with E-state index in [2.05, 4.69) is 50.9 Å². The van der Waals surface area contributed by atoms with E-state index in [1.807, 2.05) is 24.0 Å². The summed E-state index contributed by atoms with van der Waals surface area (Å²) in [6, 6.07) is 8.24. The van der Waals surface area contributed by atoms with Crippen molar-refractivity contribution in [3.63, 3.8) is 0 Å². The maximum Gasteiger partial charge on any atom is 0.321 e. The number of nitrogens with zero attached hydrogens (tertiary/aromatic N) is 5. The van der Waals surface area contributed by atoms with Gasteiger partial charge in [-0.05, 0) is 54.2 Å². The second-order valence-corrected chi connectivity index (χ2v) is 10.1. The number of benzene rings is 2. The molecule has 1 aliphatic carbocycles. The lowest BCUT2D eigenvalue weighted by Gasteiger charge is -2.23. The molecule has 1 aliphatic heterocycles. The maximum atomic E-state index is 13.2. The first kappa shape index (κ1) is 21.1. The third kappa shape index (κ3) is 2.93. The van der Waals surface area contributed by atoms with Gasteiger partial charge in [0.15, 0.2) is 0 Å². The number of amides is 1. The SMILES string of the molecule is CC(C)Cn1c2ccc(Oc3ncccn3)cc2c2c3c(c4c(c21)CCc1c-4cnn1C)C(=O)NC3. The molecule has 0 unspecified atom stereocenters. The number of aromatic nitrogens is 5. The zero-order valence-electron chi connectivity index (χ0n) is 20.5. The zero-order valence-corrected chi connectivity index (χ0v) is 20.5. The second kappa shape index (κ2) is 7.65. The molecule has 180 valence electrons. The molecule has 36 heavy (non-hydrogen) atoms. The minimum absolute atomic E-state index is 0.00490. The van der Waals surface area contributed by atoms with Crippen LogP contribution in [-0.4, -0.2) is 30.2 Å². The Hall–Kier alpha value is -4.20. The molecule has 8 heteroatoms. The van der Waals surface area contributed by atoms with Crippen molar-refractivity contribution in [1.29, 1.82) is 0 Å². The zero-order chi connectivity index (χ0) is 24.6. The van der Waals surface area contributed by atoms with Crippen molar-refractivity contribution >= 4 is 27.7 Å². The molecule has 0 saturated carbocycles. The Kier molecular flexibility index (Phi) is 4.49. The number of fused-ring (bicyclic) bond motifs is 10. The van der Waals surface area contributed by atoms with E-state index in [1.165, 1.54) is 16.8 Å². The Morgan fingerprint density at radius 3 is 2.75 bits per heavy atom. The van der Waals surface area contributed by atoms with Crippen LogP contribution >= 0.6 is 0 Å². The van der Waals surface area contributed by atoms with Gasteiger partial charge in [0.05, 0.1) is 17.3 Å². The van der Waals surface area contributed by atoms with E-state index >= 15 is 0 Å². The van der Waals surface area contributed by atoms with Crippen LogP contribution in [0.15, 0.2) is 42.9 Å². The molecular weight excluding hydrogens is 452 g/mol. The van der Waals surface area contributed by atoms with Gasteiger partial charge in [0.25, 0.3) is 5.91 Å². The van der Waals surface area contributed by atoms with Gasteiger partial charge in [-0.2, -0.15) is 5.10 Å². The molecule has 1 amide bonds. The number of ether oxygens (including phenoxy) is 1. The van der Waals surface area contributed by atoms with Crippen LogP contribution in [0.1, 0.15) is 41.0 Å². The number of aryl methyl sites for hydroxylation is 2. The Labute approximate surface area is 207 Å². The normalized spacial score (nSPS) is 14.3. The van der Waals surface area contributed by atoms with E-state index in [0.29, 0.717) is 24.2 Å². The van der Waals surface area contributed by atoms with Crippen molar-refractivity contribution in [2.45, 2.75) is 39.8 Å². The predicted molar refractivity (Wildman–Crippen MR) is 137 cm³/mol. The topological polar surface area (TPSA) is 86.9 Å². The molecule has 5 aromatic rings. The predicted octanol–water partition coefficient (Wildman–Crippen LogP) is 4.78. The number of nitrogens with one attached hydrogen (secondary N) is 1. The van der Waals surface area contributed by atoms with Crippen LogP contribution in [0.4, 0.5) is 0 Å². The minimum atomic E-state index is -0.00490. The molecule has 4 heterocycles. The van der Waals surface area contributed by atoms with Crippen LogP contribution in [0.25, 0.3) is 32.9 Å². The van der Waals surface area contributed by atoms with Crippen molar-refractivity contribution in [3.8, 4) is 22.9 Å². The van der Waals surface area contributed by atoms with Gasteiger partial charge in [0.2, 0.25) is 0 Å². The standard InChI is InChI=1S/C28H26N6O2/c1-15(2)14-34-22-7-5-16(36-28-29-9-4-10-30-28)11-18(22)24-20-12-31-27(35)25(20)23-17(26(24)34)6-8-21-19(23)13-32-33(21)3/h4-5,7,9-11,13,15H,6,8,12,14H2,1-3H3,(H,31,35). The van der Waals surface area contributed by atoms with E-state index in [0.717, 1.165) is 57.9 Å². The highest BCUT2D eigenvalue weighted by molar-refractivity contribution is 6.19. The van der Waals surface area contributed by atoms with E-state index in [-0.39, 0.29) is 5.91 Å². The summed E-state index contributed by atoms with van der Waals surface area (Å²) in [5, 5.41) is 9.88. The lowest BCUT2D eigenvalue weighted by molar-refractivity contribution is 0.0966. The monoisotopic (exact) mass is 478 g/mol. The van der Waals surface area contributed by atoms with Gasteiger partial charge in [0.1, 0.15) is 5.75 Å². The third-order valence-electron chi connectivity index (χ3n) is 7.37. The van der Waals surface area contributed by atoms with Gasteiger partial charge in [-0.3, -0.25) is 9.48 Å². The highest BCUT2D eigenvalue weighted by Crippen LogP contribution is 2.47. The Bertz CT molecular complexity index is 1700. The van der Waals surface area contributed by atoms with Gasteiger partial charge in [0, 0.05) is 65.6 Å². The molecule has 0 saturated heterocycles. The molecule has 0 spiro atoms. The molecule has 0 atom stereocenters. The van der Waals surface area contributed by atoms with Gasteiger partial charge in [-0.25, -0.2) is 9.97 Å². The van der Waals surface area contributed by atoms with Crippen molar-refractivity contribution in [3.05, 3.63) is 65.2 Å². The molecule has 3 aromatic heterocycles. The Morgan fingerprint density at radius 2 is 1.94 bits per heavy atom. The van der Waals surface area contributed by atoms with Gasteiger partial charge >= 0.3 is 6.01 Å². The quantitative estimate of drug-likeness (QED) is 0.402. The second-order valence-electron chi connectivity index (χ2n) is 10.1. The lowest BCUT2D eigenvalue weighted by atomic mass is 9.82. The van der Waals surface area contributed by atoms with Crippen LogP contribution in [0.5, 0.6) is 11.8 Å². The highest BCUT2D eigenvalue weighted by atomic mass is 16.5. The van der Waals surface area contributed by atoms with Crippen LogP contribution < -0.4 is 10.1 Å². The lowest BCUT2D eigenvalue weighted by Crippen LogP contribution is -2.16. The van der Waals surface area contributed by atoms with Crippen molar-refractivity contribution in [1.82, 2.24) is 29.6 Å². The first-order chi connectivity index (χ1) is 17.5. The molecule has 0 fully saturated rings. The molecule has 1 N–H and O–H groups in total. The number of hydrogen-bond donors (Lipinski definition) is 1. The number of rotatable bonds is 4. The largest absolute Gasteiger partial charge is 0.424 e. The van der Waals surface area contributed by atoms with Gasteiger partial charge < -0.3 is 14.6 Å². The molecule has 2 aliphatic rings. The van der Waals surface area contributed by atoms with Gasteiger partial charge in [-0.15, -0.1) is 0 Å². The van der Waals surface area contributed by atoms with Crippen molar-refractivity contribution in [2.24, 2.45) is 13.0 Å². The Balaban J connectivity index is 1.58. The van der Waals surface area contributed by atoms with Crippen molar-refractivity contribution < 1.29 is 9.53 Å². The van der Waals surface area contributed by atoms with Crippen LogP contribution in [0.2, 0.25) is 0 Å². The minimum Gasteiger partial charge on any atom is -0.424 e. The molecule has 7 rings (SSSR count). The molecule has 8 nitrogen and oxygen atoms in total. The summed E-state index contributed by atoms with van der Waals surface area (Å²) in [6.07, 6.45) is 7.02. The average molecular weight is 479 g/mol. The molecular formula is C28H26N6O2. The van der Waals surface area contributed by atoms with E-state index in [4.69, 9.17) is 4.74 Å². The first-order valence-corrected chi connectivity index (χ1v) is 12.4. The summed E-state index contributed by atoms with van der Waals surface area (Å²) in [7, 11) is 1.98. The highest BCUT2D eigenvalue weighted by Gasteiger charge is 2.35. The van der Waals surface area contributed by atoms with Gasteiger partial charge in [-0.1, -0.05) is 13.8 Å². The van der Waals surface area contributed by atoms with E-state index in [1.54, 1.807) is 18.5 Å². The fourth-order valence-electron chi connectivity index (χ4n) is 6.00. The summed E-state index contributed by atoms with van der Waals surface area (Å²) >= 11 is 0. The number of hydrogen-bond acceptors (Lipinski definition) is 5. The summed E-state index contributed by atoms with van der Waals surface area (Å²) in [5.74, 6) is 1.13. The van der Waals surface area contributed by atoms with E-state index < -0.39 is 0 Å².